The Morgan fingerprint density at radius 1 is 1.22 bits per heavy atom. The maximum Gasteiger partial charge on any atom is 0.196 e. The Bertz CT molecular complexity index is 555. The summed E-state index contributed by atoms with van der Waals surface area (Å²) in [5.41, 5.74) is 0. The lowest BCUT2D eigenvalue weighted by Gasteiger charge is -2.06. The molecule has 0 aliphatic carbocycles. The molecular formula is C12H13BrN4S. The lowest BCUT2D eigenvalue weighted by Crippen LogP contribution is -2.02. The topological polar surface area (TPSA) is 43.6 Å². The number of hydrogen-bond acceptors (Lipinski definition) is 4. The van der Waals surface area contributed by atoms with Crippen LogP contribution in [0.4, 0.5) is 0 Å². The number of pyridine rings is 1. The second kappa shape index (κ2) is 5.40. The molecule has 2 aromatic rings. The Hall–Kier alpha value is -0.880. The molecule has 0 bridgehead atoms. The van der Waals surface area contributed by atoms with Gasteiger partial charge in [-0.05, 0) is 46.6 Å². The van der Waals surface area contributed by atoms with E-state index in [1.54, 1.807) is 18.0 Å². The number of aromatic nitrogens is 4. The largest absolute Gasteiger partial charge is 0.306 e. The standard InChI is InChI=1S/C12H13BrN4S/c13-9-8-14-6-5-10(9)18-12-16-15-11-4-2-1-3-7-17(11)12/h5-6,8H,1-4,7H2. The van der Waals surface area contributed by atoms with Crippen LogP contribution in [0.3, 0.4) is 0 Å². The first kappa shape index (κ1) is 12.2. The lowest BCUT2D eigenvalue weighted by molar-refractivity contribution is 0.591. The molecule has 1 aliphatic heterocycles. The molecule has 0 fully saturated rings. The van der Waals surface area contributed by atoms with Gasteiger partial charge in [0.2, 0.25) is 0 Å². The predicted molar refractivity (Wildman–Crippen MR) is 73.6 cm³/mol. The van der Waals surface area contributed by atoms with Gasteiger partial charge in [0.15, 0.2) is 5.16 Å². The van der Waals surface area contributed by atoms with Crippen LogP contribution in [0.25, 0.3) is 0 Å². The summed E-state index contributed by atoms with van der Waals surface area (Å²) in [6.07, 6.45) is 8.38. The summed E-state index contributed by atoms with van der Waals surface area (Å²) in [7, 11) is 0. The van der Waals surface area contributed by atoms with Gasteiger partial charge in [-0.15, -0.1) is 10.2 Å². The summed E-state index contributed by atoms with van der Waals surface area (Å²) in [6.45, 7) is 1.04. The van der Waals surface area contributed by atoms with E-state index in [0.717, 1.165) is 33.3 Å². The zero-order valence-electron chi connectivity index (χ0n) is 9.84. The van der Waals surface area contributed by atoms with Gasteiger partial charge in [0.1, 0.15) is 5.82 Å². The first-order valence-corrected chi connectivity index (χ1v) is 7.65. The number of aryl methyl sites for hydroxylation is 1. The molecule has 0 saturated carbocycles. The van der Waals surface area contributed by atoms with Crippen LogP contribution in [0.2, 0.25) is 0 Å². The monoisotopic (exact) mass is 324 g/mol. The van der Waals surface area contributed by atoms with Crippen molar-refractivity contribution in [3.63, 3.8) is 0 Å². The number of halogens is 1. The van der Waals surface area contributed by atoms with Gasteiger partial charge in [-0.3, -0.25) is 4.98 Å². The average molecular weight is 325 g/mol. The van der Waals surface area contributed by atoms with Crippen LogP contribution in [-0.4, -0.2) is 19.7 Å². The predicted octanol–water partition coefficient (Wildman–Crippen LogP) is 3.31. The van der Waals surface area contributed by atoms with Gasteiger partial charge in [0.25, 0.3) is 0 Å². The fourth-order valence-electron chi connectivity index (χ4n) is 2.08. The van der Waals surface area contributed by atoms with Crippen molar-refractivity contribution in [1.29, 1.82) is 0 Å². The summed E-state index contributed by atoms with van der Waals surface area (Å²) in [5.74, 6) is 1.13. The quantitative estimate of drug-likeness (QED) is 0.850. The van der Waals surface area contributed by atoms with Crippen molar-refractivity contribution in [2.45, 2.75) is 42.3 Å². The maximum atomic E-state index is 4.31. The molecule has 0 aromatic carbocycles. The van der Waals surface area contributed by atoms with E-state index in [4.69, 9.17) is 0 Å². The second-order valence-electron chi connectivity index (χ2n) is 4.27. The highest BCUT2D eigenvalue weighted by molar-refractivity contribution is 9.10. The van der Waals surface area contributed by atoms with Crippen LogP contribution >= 0.6 is 27.7 Å². The van der Waals surface area contributed by atoms with Crippen molar-refractivity contribution in [3.8, 4) is 0 Å². The van der Waals surface area contributed by atoms with E-state index in [0.29, 0.717) is 0 Å². The SMILES string of the molecule is Brc1cnccc1Sc1nnc2n1CCCCC2. The van der Waals surface area contributed by atoms with Crippen molar-refractivity contribution >= 4 is 27.7 Å². The molecule has 0 N–H and O–H groups in total. The molecule has 0 spiro atoms. The maximum absolute atomic E-state index is 4.31. The molecule has 18 heavy (non-hydrogen) atoms. The van der Waals surface area contributed by atoms with Gasteiger partial charge in [-0.2, -0.15) is 0 Å². The van der Waals surface area contributed by atoms with E-state index in [-0.39, 0.29) is 0 Å². The third-order valence-corrected chi connectivity index (χ3v) is 4.97. The fraction of sp³-hybridized carbons (Fsp3) is 0.417. The lowest BCUT2D eigenvalue weighted by atomic mass is 10.2. The minimum absolute atomic E-state index is 0.985. The van der Waals surface area contributed by atoms with Gasteiger partial charge in [-0.25, -0.2) is 0 Å². The third-order valence-electron chi connectivity index (χ3n) is 3.01. The smallest absolute Gasteiger partial charge is 0.196 e. The van der Waals surface area contributed by atoms with Crippen LogP contribution in [0, 0.1) is 0 Å². The van der Waals surface area contributed by atoms with Crippen LogP contribution < -0.4 is 0 Å². The summed E-state index contributed by atoms with van der Waals surface area (Å²) >= 11 is 5.16. The molecule has 3 rings (SSSR count). The van der Waals surface area contributed by atoms with E-state index in [1.165, 1.54) is 19.3 Å². The van der Waals surface area contributed by atoms with Gasteiger partial charge in [0, 0.05) is 34.7 Å². The first-order valence-electron chi connectivity index (χ1n) is 6.04. The molecule has 6 heteroatoms. The number of nitrogens with zero attached hydrogens (tertiary/aromatic N) is 4. The third kappa shape index (κ3) is 2.44. The van der Waals surface area contributed by atoms with Gasteiger partial charge >= 0.3 is 0 Å². The molecule has 1 aliphatic rings. The molecule has 0 radical (unpaired) electrons. The van der Waals surface area contributed by atoms with Crippen molar-refractivity contribution < 1.29 is 0 Å². The summed E-state index contributed by atoms with van der Waals surface area (Å²) in [5, 5.41) is 9.60. The van der Waals surface area contributed by atoms with Gasteiger partial charge in [-0.1, -0.05) is 6.42 Å². The molecule has 3 heterocycles. The van der Waals surface area contributed by atoms with Gasteiger partial charge < -0.3 is 4.57 Å². The Balaban J connectivity index is 1.89. The van der Waals surface area contributed by atoms with Crippen molar-refractivity contribution in [2.24, 2.45) is 0 Å². The molecule has 0 amide bonds. The summed E-state index contributed by atoms with van der Waals surface area (Å²) in [6, 6.07) is 1.99. The van der Waals surface area contributed by atoms with Gasteiger partial charge in [0.05, 0.1) is 0 Å². The molecule has 0 unspecified atom stereocenters. The highest BCUT2D eigenvalue weighted by Crippen LogP contribution is 2.32. The molecule has 2 aromatic heterocycles. The molecule has 0 saturated heterocycles. The van der Waals surface area contributed by atoms with Crippen molar-refractivity contribution in [1.82, 2.24) is 19.7 Å². The van der Waals surface area contributed by atoms with Crippen LogP contribution in [0.15, 0.2) is 33.0 Å². The van der Waals surface area contributed by atoms with Crippen LogP contribution in [-0.2, 0) is 13.0 Å². The first-order chi connectivity index (χ1) is 8.84. The fourth-order valence-corrected chi connectivity index (χ4v) is 3.43. The summed E-state index contributed by atoms with van der Waals surface area (Å²) in [4.78, 5) is 5.20. The van der Waals surface area contributed by atoms with Crippen molar-refractivity contribution in [2.75, 3.05) is 0 Å². The molecule has 0 atom stereocenters. The Morgan fingerprint density at radius 3 is 3.06 bits per heavy atom. The number of rotatable bonds is 2. The Labute approximate surface area is 118 Å². The van der Waals surface area contributed by atoms with E-state index < -0.39 is 0 Å². The minimum Gasteiger partial charge on any atom is -0.306 e. The molecule has 4 nitrogen and oxygen atoms in total. The Kier molecular flexibility index (Phi) is 3.65. The van der Waals surface area contributed by atoms with E-state index in [1.807, 2.05) is 12.3 Å². The van der Waals surface area contributed by atoms with E-state index in [9.17, 15) is 0 Å². The van der Waals surface area contributed by atoms with Crippen LogP contribution in [0.1, 0.15) is 25.1 Å². The molecular weight excluding hydrogens is 312 g/mol. The zero-order chi connectivity index (χ0) is 12.4. The highest BCUT2D eigenvalue weighted by atomic mass is 79.9. The molecule has 94 valence electrons. The van der Waals surface area contributed by atoms with Crippen LogP contribution in [0.5, 0.6) is 0 Å². The zero-order valence-corrected chi connectivity index (χ0v) is 12.2. The number of hydrogen-bond donors (Lipinski definition) is 0. The normalized spacial score (nSPS) is 15.2. The van der Waals surface area contributed by atoms with E-state index >= 15 is 0 Å². The number of fused-ring (bicyclic) bond motifs is 1. The van der Waals surface area contributed by atoms with Crippen molar-refractivity contribution in [3.05, 3.63) is 28.8 Å². The highest BCUT2D eigenvalue weighted by Gasteiger charge is 2.16. The average Bonchev–Trinajstić information content (AvgIpc) is 2.62. The minimum atomic E-state index is 0.985. The van der Waals surface area contributed by atoms with E-state index in [2.05, 4.69) is 35.7 Å². The Morgan fingerprint density at radius 2 is 2.17 bits per heavy atom. The summed E-state index contributed by atoms with van der Waals surface area (Å²) < 4.78 is 3.26. The second-order valence-corrected chi connectivity index (χ2v) is 6.13.